The number of Topliss-reactive ketones (excluding diaryl/α,β-unsaturated/α-hetero) is 1. The van der Waals surface area contributed by atoms with E-state index in [4.69, 9.17) is 4.74 Å². The van der Waals surface area contributed by atoms with Crippen molar-refractivity contribution >= 4 is 22.7 Å². The lowest BCUT2D eigenvalue weighted by atomic mass is 10.1. The zero-order valence-electron chi connectivity index (χ0n) is 17.7. The third kappa shape index (κ3) is 4.36. The molecule has 166 valence electrons. The Bertz CT molecular complexity index is 1490. The fourth-order valence-electron chi connectivity index (χ4n) is 3.55. The van der Waals surface area contributed by atoms with Crippen molar-refractivity contribution in [1.82, 2.24) is 9.13 Å². The van der Waals surface area contributed by atoms with Crippen LogP contribution in [-0.4, -0.2) is 27.5 Å². The van der Waals surface area contributed by atoms with Crippen molar-refractivity contribution in [3.63, 3.8) is 0 Å². The molecule has 1 heterocycles. The molecule has 1 aromatic heterocycles. The highest BCUT2D eigenvalue weighted by molar-refractivity contribution is 5.97. The molecule has 0 aliphatic carbocycles. The summed E-state index contributed by atoms with van der Waals surface area (Å²) < 4.78 is 21.4. The fourth-order valence-corrected chi connectivity index (χ4v) is 3.55. The molecule has 0 amide bonds. The van der Waals surface area contributed by atoms with Crippen molar-refractivity contribution in [1.29, 1.82) is 0 Å². The maximum absolute atomic E-state index is 14.5. The molecule has 0 radical (unpaired) electrons. The fraction of sp³-hybridized carbons (Fsp3) is 0.120. The largest absolute Gasteiger partial charge is 0.457 e. The summed E-state index contributed by atoms with van der Waals surface area (Å²) in [6.07, 6.45) is 0. The van der Waals surface area contributed by atoms with Gasteiger partial charge in [-0.15, -0.1) is 0 Å². The molecule has 8 heteroatoms. The summed E-state index contributed by atoms with van der Waals surface area (Å²) in [5.41, 5.74) is 0.0363. The molecule has 0 unspecified atom stereocenters. The van der Waals surface area contributed by atoms with Crippen molar-refractivity contribution in [2.24, 2.45) is 0 Å². The van der Waals surface area contributed by atoms with E-state index >= 15 is 0 Å². The van der Waals surface area contributed by atoms with E-state index in [0.29, 0.717) is 16.6 Å². The first-order valence-corrected chi connectivity index (χ1v) is 10.1. The van der Waals surface area contributed by atoms with Crippen LogP contribution in [0, 0.1) is 5.82 Å². The van der Waals surface area contributed by atoms with Crippen molar-refractivity contribution in [3.8, 4) is 5.69 Å². The zero-order chi connectivity index (χ0) is 23.5. The van der Waals surface area contributed by atoms with Crippen LogP contribution < -0.4 is 11.2 Å². The molecule has 4 aromatic rings. The molecule has 0 bridgehead atoms. The van der Waals surface area contributed by atoms with E-state index in [9.17, 15) is 23.6 Å². The maximum atomic E-state index is 14.5. The van der Waals surface area contributed by atoms with Gasteiger partial charge in [-0.1, -0.05) is 48.5 Å². The minimum atomic E-state index is -0.686. The van der Waals surface area contributed by atoms with E-state index in [1.807, 2.05) is 0 Å². The first-order chi connectivity index (χ1) is 15.9. The molecule has 0 atom stereocenters. The Morgan fingerprint density at radius 3 is 2.27 bits per heavy atom. The highest BCUT2D eigenvalue weighted by Crippen LogP contribution is 2.15. The molecule has 4 rings (SSSR count). The van der Waals surface area contributed by atoms with Crippen LogP contribution in [0.5, 0.6) is 0 Å². The van der Waals surface area contributed by atoms with Gasteiger partial charge in [0.1, 0.15) is 5.82 Å². The summed E-state index contributed by atoms with van der Waals surface area (Å²) in [7, 11) is 0. The van der Waals surface area contributed by atoms with Gasteiger partial charge in [0.2, 0.25) is 0 Å². The Kier molecular flexibility index (Phi) is 5.99. The van der Waals surface area contributed by atoms with Crippen LogP contribution in [0.15, 0.2) is 82.4 Å². The standard InChI is InChI=1S/C25H19FN2O5/c1-16(29)33-15-23(30)18-12-10-17(11-13-18)14-27-21-8-4-2-6-19(21)24(31)28(25(27)32)22-9-5-3-7-20(22)26/h2-13H,14-15H2,1H3. The SMILES string of the molecule is CC(=O)OCC(=O)c1ccc(Cn2c(=O)n(-c3ccccc3F)c(=O)c3ccccc32)cc1. The molecule has 7 nitrogen and oxygen atoms in total. The minimum Gasteiger partial charge on any atom is -0.457 e. The second kappa shape index (κ2) is 9.04. The number of esters is 1. The average Bonchev–Trinajstić information content (AvgIpc) is 2.82. The van der Waals surface area contributed by atoms with Gasteiger partial charge < -0.3 is 4.74 Å². The Morgan fingerprint density at radius 1 is 0.909 bits per heavy atom. The molecule has 0 fully saturated rings. The molecule has 3 aromatic carbocycles. The number of halogens is 1. The predicted octanol–water partition coefficient (Wildman–Crippen LogP) is 3.09. The Hall–Kier alpha value is -4.33. The van der Waals surface area contributed by atoms with Crippen LogP contribution in [0.25, 0.3) is 16.6 Å². The smallest absolute Gasteiger partial charge is 0.336 e. The van der Waals surface area contributed by atoms with Crippen LogP contribution in [-0.2, 0) is 16.1 Å². The molecule has 0 N–H and O–H groups in total. The van der Waals surface area contributed by atoms with Crippen LogP contribution in [0.3, 0.4) is 0 Å². The van der Waals surface area contributed by atoms with E-state index in [1.165, 1.54) is 29.7 Å². The van der Waals surface area contributed by atoms with Crippen molar-refractivity contribution in [2.45, 2.75) is 13.5 Å². The maximum Gasteiger partial charge on any atom is 0.336 e. The first-order valence-electron chi connectivity index (χ1n) is 10.1. The zero-order valence-corrected chi connectivity index (χ0v) is 17.7. The number of hydrogen-bond donors (Lipinski definition) is 0. The van der Waals surface area contributed by atoms with Crippen LogP contribution >= 0.6 is 0 Å². The van der Waals surface area contributed by atoms with Gasteiger partial charge in [0.15, 0.2) is 12.4 Å². The molecule has 0 aliphatic heterocycles. The topological polar surface area (TPSA) is 87.4 Å². The third-order valence-corrected chi connectivity index (χ3v) is 5.17. The van der Waals surface area contributed by atoms with Crippen LogP contribution in [0.2, 0.25) is 0 Å². The number of para-hydroxylation sites is 2. The molecule has 0 aliphatic rings. The number of hydrogen-bond acceptors (Lipinski definition) is 5. The highest BCUT2D eigenvalue weighted by atomic mass is 19.1. The van der Waals surface area contributed by atoms with Crippen LogP contribution in [0.4, 0.5) is 4.39 Å². The van der Waals surface area contributed by atoms with E-state index in [-0.39, 0.29) is 30.0 Å². The van der Waals surface area contributed by atoms with E-state index < -0.39 is 23.0 Å². The number of benzene rings is 3. The molecular formula is C25H19FN2O5. The summed E-state index contributed by atoms with van der Waals surface area (Å²) in [4.78, 5) is 49.4. The number of aromatic nitrogens is 2. The number of nitrogens with zero attached hydrogens (tertiary/aromatic N) is 2. The third-order valence-electron chi connectivity index (χ3n) is 5.17. The number of carbonyl (C=O) groups is 2. The summed E-state index contributed by atoms with van der Waals surface area (Å²) >= 11 is 0. The quantitative estimate of drug-likeness (QED) is 0.336. The summed E-state index contributed by atoms with van der Waals surface area (Å²) in [6.45, 7) is 0.956. The van der Waals surface area contributed by atoms with Crippen molar-refractivity contribution in [3.05, 3.63) is 111 Å². The Labute approximate surface area is 187 Å². The lowest BCUT2D eigenvalue weighted by molar-refractivity contribution is -0.139. The van der Waals surface area contributed by atoms with Gasteiger partial charge >= 0.3 is 11.7 Å². The number of ketones is 1. The van der Waals surface area contributed by atoms with Gasteiger partial charge in [-0.2, -0.15) is 0 Å². The van der Waals surface area contributed by atoms with Crippen LogP contribution in [0.1, 0.15) is 22.8 Å². The summed E-state index contributed by atoms with van der Waals surface area (Å²) in [5, 5.41) is 0.272. The normalized spacial score (nSPS) is 10.8. The monoisotopic (exact) mass is 446 g/mol. The predicted molar refractivity (Wildman–Crippen MR) is 120 cm³/mol. The summed E-state index contributed by atoms with van der Waals surface area (Å²) in [5.74, 6) is -1.59. The molecular weight excluding hydrogens is 427 g/mol. The molecule has 0 spiro atoms. The highest BCUT2D eigenvalue weighted by Gasteiger charge is 2.17. The van der Waals surface area contributed by atoms with Crippen molar-refractivity contribution < 1.29 is 18.7 Å². The first kappa shape index (κ1) is 21.9. The van der Waals surface area contributed by atoms with Gasteiger partial charge in [0, 0.05) is 12.5 Å². The second-order valence-corrected chi connectivity index (χ2v) is 7.38. The van der Waals surface area contributed by atoms with Gasteiger partial charge in [0.05, 0.1) is 23.1 Å². The molecule has 33 heavy (non-hydrogen) atoms. The lowest BCUT2D eigenvalue weighted by Crippen LogP contribution is -2.39. The van der Waals surface area contributed by atoms with Gasteiger partial charge in [-0.25, -0.2) is 13.8 Å². The molecule has 0 saturated carbocycles. The van der Waals surface area contributed by atoms with Gasteiger partial charge in [-0.3, -0.25) is 19.0 Å². The van der Waals surface area contributed by atoms with Gasteiger partial charge in [-0.05, 0) is 29.8 Å². The lowest BCUT2D eigenvalue weighted by Gasteiger charge is -2.15. The minimum absolute atomic E-state index is 0.0898. The second-order valence-electron chi connectivity index (χ2n) is 7.38. The Balaban J connectivity index is 1.78. The number of carbonyl (C=O) groups excluding carboxylic acids is 2. The van der Waals surface area contributed by atoms with Gasteiger partial charge in [0.25, 0.3) is 5.56 Å². The summed E-state index contributed by atoms with van der Waals surface area (Å²) in [6, 6.07) is 18.7. The van der Waals surface area contributed by atoms with Crippen molar-refractivity contribution in [2.75, 3.05) is 6.61 Å². The van der Waals surface area contributed by atoms with E-state index in [0.717, 1.165) is 4.57 Å². The number of ether oxygens (including phenoxy) is 1. The van der Waals surface area contributed by atoms with E-state index in [2.05, 4.69) is 0 Å². The Morgan fingerprint density at radius 2 is 1.58 bits per heavy atom. The number of rotatable bonds is 6. The average molecular weight is 446 g/mol. The van der Waals surface area contributed by atoms with E-state index in [1.54, 1.807) is 54.6 Å². The molecule has 0 saturated heterocycles. The number of fused-ring (bicyclic) bond motifs is 1.